The topological polar surface area (TPSA) is 102 Å². The molecule has 2 N–H and O–H groups in total. The fourth-order valence-electron chi connectivity index (χ4n) is 6.07. The molecule has 4 fully saturated rings. The van der Waals surface area contributed by atoms with Crippen molar-refractivity contribution in [2.24, 2.45) is 5.92 Å². The second-order valence-electron chi connectivity index (χ2n) is 12.0. The van der Waals surface area contributed by atoms with E-state index in [9.17, 15) is 4.79 Å². The molecule has 41 heavy (non-hydrogen) atoms. The lowest BCUT2D eigenvalue weighted by molar-refractivity contribution is -0.0779. The number of benzene rings is 1. The summed E-state index contributed by atoms with van der Waals surface area (Å²) in [6.45, 7) is 8.21. The molecule has 10 heteroatoms. The van der Waals surface area contributed by atoms with Crippen LogP contribution >= 0.6 is 0 Å². The lowest BCUT2D eigenvalue weighted by Gasteiger charge is -2.41. The third-order valence-electron chi connectivity index (χ3n) is 8.96. The van der Waals surface area contributed by atoms with Crippen LogP contribution < -0.4 is 15.4 Å². The number of anilines is 1. The number of rotatable bonds is 9. The Morgan fingerprint density at radius 1 is 1.05 bits per heavy atom. The highest BCUT2D eigenvalue weighted by Crippen LogP contribution is 2.31. The fourth-order valence-corrected chi connectivity index (χ4v) is 6.07. The van der Waals surface area contributed by atoms with Crippen LogP contribution in [0.2, 0.25) is 0 Å². The molecule has 0 unspecified atom stereocenters. The number of carbonyl (C=O) groups is 1. The van der Waals surface area contributed by atoms with E-state index in [0.29, 0.717) is 29.4 Å². The SMILES string of the molecule is Cc1cc(-c2cnn3c(NCC4CCOCC4)cc(OC4CCN(C5COC5)CC4)nc23)ccc1C(=O)NC1CC1. The molecule has 3 aliphatic heterocycles. The van der Waals surface area contributed by atoms with Crippen molar-refractivity contribution in [1.82, 2.24) is 24.8 Å². The molecule has 1 saturated carbocycles. The normalized spacial score (nSPS) is 21.1. The van der Waals surface area contributed by atoms with E-state index >= 15 is 0 Å². The van der Waals surface area contributed by atoms with Crippen LogP contribution in [0.3, 0.4) is 0 Å². The molecular weight excluding hydrogens is 520 g/mol. The predicted octanol–water partition coefficient (Wildman–Crippen LogP) is 3.68. The number of nitrogens with zero attached hydrogens (tertiary/aromatic N) is 4. The molecule has 5 heterocycles. The predicted molar refractivity (Wildman–Crippen MR) is 156 cm³/mol. The van der Waals surface area contributed by atoms with Gasteiger partial charge in [0.2, 0.25) is 5.88 Å². The summed E-state index contributed by atoms with van der Waals surface area (Å²) in [5.74, 6) is 2.06. The largest absolute Gasteiger partial charge is 0.474 e. The molecule has 4 aliphatic rings. The van der Waals surface area contributed by atoms with Crippen LogP contribution in [-0.2, 0) is 9.47 Å². The zero-order chi connectivity index (χ0) is 27.8. The van der Waals surface area contributed by atoms with Gasteiger partial charge in [-0.15, -0.1) is 0 Å². The molecule has 0 spiro atoms. The Labute approximate surface area is 240 Å². The first kappa shape index (κ1) is 26.7. The van der Waals surface area contributed by atoms with Crippen LogP contribution in [0.1, 0.15) is 54.4 Å². The van der Waals surface area contributed by atoms with Crippen LogP contribution in [0, 0.1) is 12.8 Å². The molecule has 3 aromatic rings. The zero-order valence-corrected chi connectivity index (χ0v) is 23.8. The van der Waals surface area contributed by atoms with E-state index in [1.165, 1.54) is 0 Å². The van der Waals surface area contributed by atoms with Crippen LogP contribution in [0.25, 0.3) is 16.8 Å². The number of nitrogens with one attached hydrogen (secondary N) is 2. The first-order valence-corrected chi connectivity index (χ1v) is 15.2. The Morgan fingerprint density at radius 2 is 1.85 bits per heavy atom. The van der Waals surface area contributed by atoms with Gasteiger partial charge < -0.3 is 24.8 Å². The maximum atomic E-state index is 12.7. The summed E-state index contributed by atoms with van der Waals surface area (Å²) in [6.07, 6.45) is 8.20. The van der Waals surface area contributed by atoms with E-state index < -0.39 is 0 Å². The molecule has 218 valence electrons. The molecule has 2 aromatic heterocycles. The van der Waals surface area contributed by atoms with Gasteiger partial charge in [-0.25, -0.2) is 0 Å². The molecule has 0 radical (unpaired) electrons. The maximum absolute atomic E-state index is 12.7. The van der Waals surface area contributed by atoms with E-state index in [0.717, 1.165) is 113 Å². The van der Waals surface area contributed by atoms with Gasteiger partial charge in [-0.05, 0) is 68.6 Å². The monoisotopic (exact) mass is 560 g/mol. The lowest BCUT2D eigenvalue weighted by atomic mass is 10.0. The van der Waals surface area contributed by atoms with Crippen molar-refractivity contribution in [2.75, 3.05) is 51.4 Å². The zero-order valence-electron chi connectivity index (χ0n) is 23.8. The average Bonchev–Trinajstić information content (AvgIpc) is 3.67. The number of piperidine rings is 1. The minimum absolute atomic E-state index is 0.000654. The minimum Gasteiger partial charge on any atom is -0.474 e. The van der Waals surface area contributed by atoms with Gasteiger partial charge in [0, 0.05) is 56.1 Å². The van der Waals surface area contributed by atoms with E-state index in [4.69, 9.17) is 24.3 Å². The van der Waals surface area contributed by atoms with Crippen molar-refractivity contribution < 1.29 is 19.0 Å². The molecule has 1 aliphatic carbocycles. The summed E-state index contributed by atoms with van der Waals surface area (Å²) >= 11 is 0. The second kappa shape index (κ2) is 11.6. The number of fused-ring (bicyclic) bond motifs is 1. The van der Waals surface area contributed by atoms with Crippen molar-refractivity contribution >= 4 is 17.4 Å². The Balaban J connectivity index is 1.15. The summed E-state index contributed by atoms with van der Waals surface area (Å²) in [5, 5.41) is 11.5. The molecule has 0 bridgehead atoms. The molecule has 1 amide bonds. The third-order valence-corrected chi connectivity index (χ3v) is 8.96. The lowest BCUT2D eigenvalue weighted by Crippen LogP contribution is -2.52. The van der Waals surface area contributed by atoms with Crippen molar-refractivity contribution in [1.29, 1.82) is 0 Å². The number of ether oxygens (including phenoxy) is 3. The first-order valence-electron chi connectivity index (χ1n) is 15.2. The van der Waals surface area contributed by atoms with Gasteiger partial charge in [-0.2, -0.15) is 14.6 Å². The highest BCUT2D eigenvalue weighted by atomic mass is 16.5. The Kier molecular flexibility index (Phi) is 7.53. The number of hydrogen-bond donors (Lipinski definition) is 2. The Hall–Kier alpha value is -3.21. The highest BCUT2D eigenvalue weighted by Gasteiger charge is 2.31. The third kappa shape index (κ3) is 5.91. The standard InChI is InChI=1S/C31H40N6O4/c1-20-14-22(2-5-26(20)31(38)34-23-3-4-23)27-17-33-37-28(32-16-21-8-12-39-13-9-21)15-29(35-30(27)37)41-25-6-10-36(11-7-25)24-18-40-19-24/h2,5,14-15,17,21,23-25,32H,3-4,6-13,16,18-19H2,1H3,(H,34,38). The molecular formula is C31H40N6O4. The van der Waals surface area contributed by atoms with E-state index in [1.807, 2.05) is 35.8 Å². The molecule has 1 aromatic carbocycles. The van der Waals surface area contributed by atoms with E-state index in [2.05, 4.69) is 21.6 Å². The molecule has 7 rings (SSSR count). The second-order valence-corrected chi connectivity index (χ2v) is 12.0. The summed E-state index contributed by atoms with van der Waals surface area (Å²) in [4.78, 5) is 20.2. The van der Waals surface area contributed by atoms with Gasteiger partial charge in [0.05, 0.1) is 25.5 Å². The highest BCUT2D eigenvalue weighted by molar-refractivity contribution is 5.97. The summed E-state index contributed by atoms with van der Waals surface area (Å²) in [5.41, 5.74) is 4.30. The number of amides is 1. The van der Waals surface area contributed by atoms with Gasteiger partial charge in [-0.3, -0.25) is 9.69 Å². The van der Waals surface area contributed by atoms with Gasteiger partial charge >= 0.3 is 0 Å². The number of aromatic nitrogens is 3. The van der Waals surface area contributed by atoms with Gasteiger partial charge in [0.1, 0.15) is 11.9 Å². The van der Waals surface area contributed by atoms with Crippen molar-refractivity contribution in [3.63, 3.8) is 0 Å². The molecule has 10 nitrogen and oxygen atoms in total. The van der Waals surface area contributed by atoms with Crippen LogP contribution in [0.5, 0.6) is 5.88 Å². The van der Waals surface area contributed by atoms with Crippen LogP contribution in [0.15, 0.2) is 30.5 Å². The number of aryl methyl sites for hydroxylation is 1. The molecule has 3 saturated heterocycles. The Morgan fingerprint density at radius 3 is 2.56 bits per heavy atom. The van der Waals surface area contributed by atoms with E-state index in [-0.39, 0.29) is 12.0 Å². The van der Waals surface area contributed by atoms with Gasteiger partial charge in [0.25, 0.3) is 5.91 Å². The van der Waals surface area contributed by atoms with Gasteiger partial charge in [0.15, 0.2) is 5.65 Å². The first-order chi connectivity index (χ1) is 20.1. The van der Waals surface area contributed by atoms with E-state index in [1.54, 1.807) is 0 Å². The average molecular weight is 561 g/mol. The fraction of sp³-hybridized carbons (Fsp3) is 0.581. The summed E-state index contributed by atoms with van der Waals surface area (Å²) in [7, 11) is 0. The van der Waals surface area contributed by atoms with Crippen LogP contribution in [0.4, 0.5) is 5.82 Å². The van der Waals surface area contributed by atoms with Gasteiger partial charge in [-0.1, -0.05) is 12.1 Å². The van der Waals surface area contributed by atoms with Crippen molar-refractivity contribution in [3.05, 3.63) is 41.6 Å². The van der Waals surface area contributed by atoms with Crippen molar-refractivity contribution in [3.8, 4) is 17.0 Å². The molecule has 0 atom stereocenters. The number of carbonyl (C=O) groups excluding carboxylic acids is 1. The van der Waals surface area contributed by atoms with Crippen LogP contribution in [-0.4, -0.2) is 89.7 Å². The maximum Gasteiger partial charge on any atom is 0.251 e. The summed E-state index contributed by atoms with van der Waals surface area (Å²) < 4.78 is 19.4. The smallest absolute Gasteiger partial charge is 0.251 e. The Bertz CT molecular complexity index is 1390. The minimum atomic E-state index is 0.000654. The quantitative estimate of drug-likeness (QED) is 0.409. The number of hydrogen-bond acceptors (Lipinski definition) is 8. The number of likely N-dealkylation sites (tertiary alicyclic amines) is 1. The van der Waals surface area contributed by atoms with Crippen molar-refractivity contribution in [2.45, 2.75) is 63.6 Å². The summed E-state index contributed by atoms with van der Waals surface area (Å²) in [6, 6.07) is 8.85.